The minimum absolute atomic E-state index is 0.145. The second-order valence-corrected chi connectivity index (χ2v) is 4.70. The highest BCUT2D eigenvalue weighted by Crippen LogP contribution is 2.22. The Morgan fingerprint density at radius 2 is 2.32 bits per heavy atom. The molecule has 0 atom stereocenters. The number of rotatable bonds is 5. The van der Waals surface area contributed by atoms with Crippen molar-refractivity contribution < 1.29 is 14.3 Å². The number of nitrogens with one attached hydrogen (secondary N) is 1. The molecular weight excluding hydrogens is 268 g/mol. The summed E-state index contributed by atoms with van der Waals surface area (Å²) in [6.45, 7) is 0.459. The topological polar surface area (TPSA) is 86.1 Å². The summed E-state index contributed by atoms with van der Waals surface area (Å²) in [5, 5.41) is 10.7. The van der Waals surface area contributed by atoms with Crippen LogP contribution in [0.5, 0.6) is 0 Å². The fraction of sp³-hybridized carbons (Fsp3) is 0.273. The number of anilines is 1. The minimum Gasteiger partial charge on any atom is -0.465 e. The van der Waals surface area contributed by atoms with Crippen molar-refractivity contribution in [1.82, 2.24) is 15.0 Å². The summed E-state index contributed by atoms with van der Waals surface area (Å²) in [4.78, 5) is 23.4. The van der Waals surface area contributed by atoms with Crippen LogP contribution in [-0.2, 0) is 16.1 Å². The molecule has 2 heterocycles. The van der Waals surface area contributed by atoms with Crippen LogP contribution < -0.4 is 5.32 Å². The van der Waals surface area contributed by atoms with E-state index in [1.807, 2.05) is 0 Å². The van der Waals surface area contributed by atoms with Gasteiger partial charge >= 0.3 is 5.97 Å². The molecule has 0 aromatic carbocycles. The lowest BCUT2D eigenvalue weighted by Crippen LogP contribution is -2.14. The summed E-state index contributed by atoms with van der Waals surface area (Å²) in [7, 11) is 1.32. The average Bonchev–Trinajstić information content (AvgIpc) is 3.06. The minimum atomic E-state index is -0.409. The van der Waals surface area contributed by atoms with Gasteiger partial charge in [0.05, 0.1) is 24.9 Å². The smallest absolute Gasteiger partial charge is 0.348 e. The zero-order valence-corrected chi connectivity index (χ0v) is 11.0. The molecule has 0 saturated heterocycles. The Kier molecular flexibility index (Phi) is 4.24. The van der Waals surface area contributed by atoms with Gasteiger partial charge in [0, 0.05) is 12.6 Å². The first-order chi connectivity index (χ1) is 9.19. The van der Waals surface area contributed by atoms with E-state index in [1.165, 1.54) is 18.4 Å². The van der Waals surface area contributed by atoms with Crippen molar-refractivity contribution in [3.05, 3.63) is 29.4 Å². The molecule has 0 radical (unpaired) electrons. The molecule has 7 nitrogen and oxygen atoms in total. The van der Waals surface area contributed by atoms with Crippen LogP contribution in [0.15, 0.2) is 24.5 Å². The van der Waals surface area contributed by atoms with Crippen LogP contribution in [0.2, 0.25) is 0 Å². The van der Waals surface area contributed by atoms with Crippen molar-refractivity contribution in [3.8, 4) is 0 Å². The number of carbonyl (C=O) groups excluding carboxylic acids is 2. The molecule has 1 amide bonds. The highest BCUT2D eigenvalue weighted by atomic mass is 32.1. The highest BCUT2D eigenvalue weighted by Gasteiger charge is 2.10. The van der Waals surface area contributed by atoms with Crippen LogP contribution in [0.1, 0.15) is 16.1 Å². The number of carbonyl (C=O) groups is 2. The lowest BCUT2D eigenvalue weighted by molar-refractivity contribution is -0.116. The quantitative estimate of drug-likeness (QED) is 0.830. The van der Waals surface area contributed by atoms with E-state index in [2.05, 4.69) is 20.4 Å². The first-order valence-electron chi connectivity index (χ1n) is 5.51. The van der Waals surface area contributed by atoms with Gasteiger partial charge in [-0.2, -0.15) is 0 Å². The maximum absolute atomic E-state index is 11.7. The molecule has 0 aliphatic heterocycles. The summed E-state index contributed by atoms with van der Waals surface area (Å²) in [5.74, 6) is -0.554. The summed E-state index contributed by atoms with van der Waals surface area (Å²) < 4.78 is 6.17. The first kappa shape index (κ1) is 13.2. The van der Waals surface area contributed by atoms with Gasteiger partial charge in [-0.15, -0.1) is 16.4 Å². The number of esters is 1. The summed E-state index contributed by atoms with van der Waals surface area (Å²) in [6.07, 6.45) is 3.53. The van der Waals surface area contributed by atoms with Crippen LogP contribution >= 0.6 is 11.3 Å². The maximum atomic E-state index is 11.7. The second-order valence-electron chi connectivity index (χ2n) is 3.62. The third-order valence-corrected chi connectivity index (χ3v) is 3.28. The number of aryl methyl sites for hydroxylation is 1. The van der Waals surface area contributed by atoms with E-state index < -0.39 is 5.97 Å². The molecule has 2 aromatic heterocycles. The van der Waals surface area contributed by atoms with Crippen molar-refractivity contribution >= 4 is 28.2 Å². The Morgan fingerprint density at radius 3 is 3.00 bits per heavy atom. The molecule has 0 bridgehead atoms. The monoisotopic (exact) mass is 280 g/mol. The zero-order chi connectivity index (χ0) is 13.7. The summed E-state index contributed by atoms with van der Waals surface area (Å²) in [5.41, 5.74) is 0. The molecule has 0 aliphatic carbocycles. The third kappa shape index (κ3) is 3.62. The van der Waals surface area contributed by atoms with Crippen LogP contribution in [0.3, 0.4) is 0 Å². The Labute approximate surface area is 113 Å². The first-order valence-corrected chi connectivity index (χ1v) is 6.33. The maximum Gasteiger partial charge on any atom is 0.348 e. The molecular formula is C11H12N4O3S. The molecule has 2 aromatic rings. The lowest BCUT2D eigenvalue weighted by atomic mass is 10.4. The Morgan fingerprint density at radius 1 is 1.47 bits per heavy atom. The van der Waals surface area contributed by atoms with Crippen molar-refractivity contribution in [2.24, 2.45) is 0 Å². The van der Waals surface area contributed by atoms with E-state index in [0.717, 1.165) is 0 Å². The van der Waals surface area contributed by atoms with Gasteiger partial charge in [0.1, 0.15) is 4.88 Å². The van der Waals surface area contributed by atoms with Gasteiger partial charge in [-0.3, -0.25) is 9.48 Å². The Bertz CT molecular complexity index is 564. The number of ether oxygens (including phenoxy) is 1. The fourth-order valence-corrected chi connectivity index (χ4v) is 2.22. The predicted molar refractivity (Wildman–Crippen MR) is 68.9 cm³/mol. The molecule has 0 unspecified atom stereocenters. The van der Waals surface area contributed by atoms with Gasteiger partial charge in [-0.1, -0.05) is 5.21 Å². The largest absolute Gasteiger partial charge is 0.465 e. The zero-order valence-electron chi connectivity index (χ0n) is 10.2. The molecule has 0 aliphatic rings. The second kappa shape index (κ2) is 6.10. The van der Waals surface area contributed by atoms with Crippen LogP contribution in [0.25, 0.3) is 0 Å². The highest BCUT2D eigenvalue weighted by molar-refractivity contribution is 7.18. The fourth-order valence-electron chi connectivity index (χ4n) is 1.38. The normalized spacial score (nSPS) is 10.2. The number of hydrogen-bond acceptors (Lipinski definition) is 6. The predicted octanol–water partition coefficient (Wildman–Crippen LogP) is 1.15. The molecule has 1 N–H and O–H groups in total. The van der Waals surface area contributed by atoms with E-state index in [1.54, 1.807) is 29.2 Å². The number of amides is 1. The Balaban J connectivity index is 1.85. The lowest BCUT2D eigenvalue weighted by Gasteiger charge is -2.02. The van der Waals surface area contributed by atoms with Gasteiger partial charge in [-0.05, 0) is 12.1 Å². The standard InChI is InChI=1S/C11H12N4O3S/c1-18-11(17)8-2-3-10(19-8)13-9(16)4-6-15-7-5-12-14-15/h2-3,5,7H,4,6H2,1H3,(H,13,16). The molecule has 100 valence electrons. The van der Waals surface area contributed by atoms with Gasteiger partial charge in [0.25, 0.3) is 0 Å². The van der Waals surface area contributed by atoms with E-state index >= 15 is 0 Å². The number of aromatic nitrogens is 3. The van der Waals surface area contributed by atoms with E-state index in [4.69, 9.17) is 0 Å². The van der Waals surface area contributed by atoms with E-state index in [-0.39, 0.29) is 12.3 Å². The van der Waals surface area contributed by atoms with Crippen molar-refractivity contribution in [1.29, 1.82) is 0 Å². The van der Waals surface area contributed by atoms with Crippen LogP contribution in [-0.4, -0.2) is 34.0 Å². The van der Waals surface area contributed by atoms with Gasteiger partial charge in [0.15, 0.2) is 0 Å². The van der Waals surface area contributed by atoms with Gasteiger partial charge in [0.2, 0.25) is 5.91 Å². The number of thiophene rings is 1. The third-order valence-electron chi connectivity index (χ3n) is 2.30. The van der Waals surface area contributed by atoms with Gasteiger partial charge in [-0.25, -0.2) is 4.79 Å². The van der Waals surface area contributed by atoms with Crippen molar-refractivity contribution in [2.45, 2.75) is 13.0 Å². The van der Waals surface area contributed by atoms with Crippen molar-refractivity contribution in [3.63, 3.8) is 0 Å². The van der Waals surface area contributed by atoms with E-state index in [0.29, 0.717) is 16.4 Å². The summed E-state index contributed by atoms with van der Waals surface area (Å²) >= 11 is 1.18. The average molecular weight is 280 g/mol. The van der Waals surface area contributed by atoms with Crippen LogP contribution in [0.4, 0.5) is 5.00 Å². The van der Waals surface area contributed by atoms with E-state index in [9.17, 15) is 9.59 Å². The van der Waals surface area contributed by atoms with Crippen LogP contribution in [0, 0.1) is 0 Å². The SMILES string of the molecule is COC(=O)c1ccc(NC(=O)CCn2ccnn2)s1. The Hall–Kier alpha value is -2.22. The molecule has 0 spiro atoms. The molecule has 19 heavy (non-hydrogen) atoms. The number of hydrogen-bond donors (Lipinski definition) is 1. The van der Waals surface area contributed by atoms with Crippen molar-refractivity contribution in [2.75, 3.05) is 12.4 Å². The number of nitrogens with zero attached hydrogens (tertiary/aromatic N) is 3. The number of methoxy groups -OCH3 is 1. The van der Waals surface area contributed by atoms with Gasteiger partial charge < -0.3 is 10.1 Å². The summed E-state index contributed by atoms with van der Waals surface area (Å²) in [6, 6.07) is 3.29. The molecule has 0 fully saturated rings. The molecule has 2 rings (SSSR count). The molecule has 8 heteroatoms. The molecule has 0 saturated carbocycles.